The van der Waals surface area contributed by atoms with Crippen molar-refractivity contribution < 1.29 is 27.5 Å². The van der Waals surface area contributed by atoms with Crippen molar-refractivity contribution in [2.24, 2.45) is 0 Å². The van der Waals surface area contributed by atoms with Crippen molar-refractivity contribution in [1.82, 2.24) is 9.21 Å². The zero-order valence-electron chi connectivity index (χ0n) is 16.0. The van der Waals surface area contributed by atoms with Crippen LogP contribution >= 0.6 is 0 Å². The molecule has 0 bridgehead atoms. The number of carbonyl (C=O) groups excluding carboxylic acids is 2. The molecule has 9 heteroatoms. The number of hydrogen-bond donors (Lipinski definition) is 0. The van der Waals surface area contributed by atoms with E-state index in [1.165, 1.54) is 28.6 Å². The fourth-order valence-electron chi connectivity index (χ4n) is 3.35. The van der Waals surface area contributed by atoms with Crippen LogP contribution in [0.2, 0.25) is 0 Å². The molecule has 3 rings (SSSR count). The fraction of sp³-hybridized carbons (Fsp3) is 0.579. The molecule has 0 unspecified atom stereocenters. The van der Waals surface area contributed by atoms with Gasteiger partial charge in [0.2, 0.25) is 10.0 Å². The van der Waals surface area contributed by atoms with Gasteiger partial charge in [0.05, 0.1) is 23.7 Å². The zero-order valence-corrected chi connectivity index (χ0v) is 16.8. The van der Waals surface area contributed by atoms with Gasteiger partial charge in [-0.1, -0.05) is 0 Å². The molecule has 154 valence electrons. The molecule has 0 aliphatic carbocycles. The molecule has 0 aromatic heterocycles. The van der Waals surface area contributed by atoms with Gasteiger partial charge in [0.25, 0.3) is 5.91 Å². The number of hydrogen-bond acceptors (Lipinski definition) is 6. The molecule has 1 aromatic carbocycles. The summed E-state index contributed by atoms with van der Waals surface area (Å²) < 4.78 is 37.1. The number of sulfonamides is 1. The van der Waals surface area contributed by atoms with Gasteiger partial charge in [0, 0.05) is 26.2 Å². The number of amides is 1. The number of likely N-dealkylation sites (tertiary alicyclic amines) is 1. The van der Waals surface area contributed by atoms with E-state index >= 15 is 0 Å². The van der Waals surface area contributed by atoms with Crippen molar-refractivity contribution >= 4 is 21.9 Å². The number of morpholine rings is 1. The maximum atomic E-state index is 12.6. The lowest BCUT2D eigenvalue weighted by Gasteiger charge is -2.29. The first-order valence-corrected chi connectivity index (χ1v) is 11.0. The highest BCUT2D eigenvalue weighted by atomic mass is 32.2. The monoisotopic (exact) mass is 410 g/mol. The molecule has 0 saturated carbocycles. The smallest absolute Gasteiger partial charge is 0.338 e. The highest BCUT2D eigenvalue weighted by molar-refractivity contribution is 7.89. The molecule has 1 aromatic rings. The Bertz CT molecular complexity index is 796. The van der Waals surface area contributed by atoms with Crippen LogP contribution in [-0.2, 0) is 24.3 Å². The molecule has 28 heavy (non-hydrogen) atoms. The quantitative estimate of drug-likeness (QED) is 0.679. The maximum absolute atomic E-state index is 12.6. The van der Waals surface area contributed by atoms with Gasteiger partial charge in [-0.15, -0.1) is 0 Å². The predicted molar refractivity (Wildman–Crippen MR) is 101 cm³/mol. The van der Waals surface area contributed by atoms with Crippen LogP contribution in [0.25, 0.3) is 0 Å². The van der Waals surface area contributed by atoms with Gasteiger partial charge in [0.15, 0.2) is 6.10 Å². The van der Waals surface area contributed by atoms with E-state index in [4.69, 9.17) is 9.47 Å². The van der Waals surface area contributed by atoms with Gasteiger partial charge in [-0.2, -0.15) is 4.31 Å². The summed E-state index contributed by atoms with van der Waals surface area (Å²) in [6, 6.07) is 5.60. The summed E-state index contributed by atoms with van der Waals surface area (Å²) >= 11 is 0. The Balaban J connectivity index is 1.62. The van der Waals surface area contributed by atoms with Crippen LogP contribution in [-0.4, -0.2) is 75.0 Å². The average molecular weight is 410 g/mol. The Morgan fingerprint density at radius 3 is 2.21 bits per heavy atom. The topological polar surface area (TPSA) is 93.2 Å². The first-order chi connectivity index (χ1) is 13.4. The Morgan fingerprint density at radius 1 is 1.00 bits per heavy atom. The average Bonchev–Trinajstić information content (AvgIpc) is 2.74. The van der Waals surface area contributed by atoms with Crippen LogP contribution in [0.4, 0.5) is 0 Å². The number of benzene rings is 1. The molecule has 2 saturated heterocycles. The van der Waals surface area contributed by atoms with E-state index in [1.54, 1.807) is 11.8 Å². The van der Waals surface area contributed by atoms with E-state index in [0.29, 0.717) is 39.4 Å². The second kappa shape index (κ2) is 9.02. The lowest BCUT2D eigenvalue weighted by molar-refractivity contribution is -0.140. The number of ether oxygens (including phenoxy) is 2. The van der Waals surface area contributed by atoms with E-state index in [-0.39, 0.29) is 16.4 Å². The second-order valence-corrected chi connectivity index (χ2v) is 8.91. The lowest BCUT2D eigenvalue weighted by Crippen LogP contribution is -2.42. The van der Waals surface area contributed by atoms with E-state index in [1.807, 2.05) is 0 Å². The van der Waals surface area contributed by atoms with E-state index < -0.39 is 22.1 Å². The third kappa shape index (κ3) is 4.71. The highest BCUT2D eigenvalue weighted by Crippen LogP contribution is 2.19. The first kappa shape index (κ1) is 20.8. The molecule has 0 radical (unpaired) electrons. The Labute approximate surface area is 165 Å². The van der Waals surface area contributed by atoms with Crippen LogP contribution in [0.1, 0.15) is 36.5 Å². The number of piperidine rings is 1. The third-order valence-electron chi connectivity index (χ3n) is 5.00. The SMILES string of the molecule is C[C@@H](OC(=O)c1ccc(S(=O)(=O)N2CCOCC2)cc1)C(=O)N1CCCCC1. The lowest BCUT2D eigenvalue weighted by atomic mass is 10.1. The molecule has 8 nitrogen and oxygen atoms in total. The van der Waals surface area contributed by atoms with Crippen molar-refractivity contribution in [3.63, 3.8) is 0 Å². The summed E-state index contributed by atoms with van der Waals surface area (Å²) in [6.45, 7) is 4.29. The zero-order chi connectivity index (χ0) is 20.1. The summed E-state index contributed by atoms with van der Waals surface area (Å²) in [7, 11) is -3.62. The predicted octanol–water partition coefficient (Wildman–Crippen LogP) is 1.27. The normalized spacial score (nSPS) is 19.8. The van der Waals surface area contributed by atoms with E-state index in [2.05, 4.69) is 0 Å². The van der Waals surface area contributed by atoms with Gasteiger partial charge in [0.1, 0.15) is 0 Å². The minimum absolute atomic E-state index is 0.114. The van der Waals surface area contributed by atoms with Gasteiger partial charge >= 0.3 is 5.97 Å². The Hall–Kier alpha value is -1.97. The molecular weight excluding hydrogens is 384 g/mol. The van der Waals surface area contributed by atoms with Crippen molar-refractivity contribution in [2.45, 2.75) is 37.2 Å². The van der Waals surface area contributed by atoms with Crippen molar-refractivity contribution in [2.75, 3.05) is 39.4 Å². The van der Waals surface area contributed by atoms with Gasteiger partial charge < -0.3 is 14.4 Å². The molecule has 2 aliphatic rings. The van der Waals surface area contributed by atoms with Crippen LogP contribution in [0.15, 0.2) is 29.2 Å². The number of rotatable bonds is 5. The molecule has 0 N–H and O–H groups in total. The van der Waals surface area contributed by atoms with Gasteiger partial charge in [-0.3, -0.25) is 4.79 Å². The van der Waals surface area contributed by atoms with E-state index in [9.17, 15) is 18.0 Å². The van der Waals surface area contributed by atoms with Crippen LogP contribution in [0, 0.1) is 0 Å². The highest BCUT2D eigenvalue weighted by Gasteiger charge is 2.28. The fourth-order valence-corrected chi connectivity index (χ4v) is 4.76. The number of carbonyl (C=O) groups is 2. The van der Waals surface area contributed by atoms with Crippen LogP contribution < -0.4 is 0 Å². The summed E-state index contributed by atoms with van der Waals surface area (Å²) in [5.74, 6) is -0.840. The molecule has 2 heterocycles. The van der Waals surface area contributed by atoms with E-state index in [0.717, 1.165) is 19.3 Å². The summed E-state index contributed by atoms with van der Waals surface area (Å²) in [4.78, 5) is 26.6. The maximum Gasteiger partial charge on any atom is 0.338 e. The molecule has 0 spiro atoms. The van der Waals surface area contributed by atoms with Crippen LogP contribution in [0.5, 0.6) is 0 Å². The summed E-state index contributed by atoms with van der Waals surface area (Å²) in [6.07, 6.45) is 2.16. The number of esters is 1. The number of nitrogens with zero attached hydrogens (tertiary/aromatic N) is 2. The third-order valence-corrected chi connectivity index (χ3v) is 6.91. The van der Waals surface area contributed by atoms with Crippen LogP contribution in [0.3, 0.4) is 0 Å². The van der Waals surface area contributed by atoms with Crippen molar-refractivity contribution in [3.8, 4) is 0 Å². The van der Waals surface area contributed by atoms with Gasteiger partial charge in [-0.05, 0) is 50.5 Å². The van der Waals surface area contributed by atoms with Crippen molar-refractivity contribution in [3.05, 3.63) is 29.8 Å². The van der Waals surface area contributed by atoms with Crippen molar-refractivity contribution in [1.29, 1.82) is 0 Å². The molecule has 1 amide bonds. The Morgan fingerprint density at radius 2 is 1.61 bits per heavy atom. The molecule has 1 atom stereocenters. The van der Waals surface area contributed by atoms with Gasteiger partial charge in [-0.25, -0.2) is 13.2 Å². The minimum Gasteiger partial charge on any atom is -0.449 e. The summed E-state index contributed by atoms with van der Waals surface area (Å²) in [5.41, 5.74) is 0.208. The minimum atomic E-state index is -3.62. The molecular formula is C19H26N2O6S. The Kier molecular flexibility index (Phi) is 6.69. The largest absolute Gasteiger partial charge is 0.449 e. The second-order valence-electron chi connectivity index (χ2n) is 6.97. The standard InChI is InChI=1S/C19H26N2O6S/c1-15(18(22)20-9-3-2-4-10-20)27-19(23)16-5-7-17(8-6-16)28(24,25)21-11-13-26-14-12-21/h5-8,15H,2-4,9-14H2,1H3/t15-/m1/s1. The molecule has 2 aliphatic heterocycles. The summed E-state index contributed by atoms with van der Waals surface area (Å²) in [5, 5.41) is 0. The first-order valence-electron chi connectivity index (χ1n) is 9.57. The molecule has 2 fully saturated rings.